The van der Waals surface area contributed by atoms with Gasteiger partial charge >= 0.3 is 5.97 Å². The SMILES string of the molecule is Cc1cnc2c(S(=O)(=O)c3c(F)ccc4c3=C(CC(=O)O)C(C)N=4)cccc2c1. The Kier molecular flexibility index (Phi) is 4.46. The molecule has 1 aromatic heterocycles. The summed E-state index contributed by atoms with van der Waals surface area (Å²) in [5.74, 6) is -2.08. The second kappa shape index (κ2) is 6.73. The van der Waals surface area contributed by atoms with Crippen LogP contribution in [0.4, 0.5) is 4.39 Å². The van der Waals surface area contributed by atoms with Gasteiger partial charge in [-0.25, -0.2) is 12.8 Å². The van der Waals surface area contributed by atoms with E-state index in [2.05, 4.69) is 9.98 Å². The number of halogens is 1. The number of hydrogen-bond acceptors (Lipinski definition) is 5. The largest absolute Gasteiger partial charge is 0.481 e. The van der Waals surface area contributed by atoms with E-state index in [1.165, 1.54) is 12.1 Å². The number of fused-ring (bicyclic) bond motifs is 2. The number of carboxylic acid groups (broad SMARTS) is 1. The Morgan fingerprint density at radius 2 is 2.00 bits per heavy atom. The summed E-state index contributed by atoms with van der Waals surface area (Å²) in [5, 5.41) is 10.2. The summed E-state index contributed by atoms with van der Waals surface area (Å²) >= 11 is 0. The van der Waals surface area contributed by atoms with Crippen LogP contribution < -0.4 is 10.6 Å². The molecule has 0 saturated heterocycles. The summed E-state index contributed by atoms with van der Waals surface area (Å²) in [6, 6.07) is 8.36. The third-order valence-electron chi connectivity index (χ3n) is 4.96. The van der Waals surface area contributed by atoms with Gasteiger partial charge in [0.15, 0.2) is 0 Å². The van der Waals surface area contributed by atoms with Crippen molar-refractivity contribution in [3.8, 4) is 0 Å². The number of para-hydroxylation sites is 1. The maximum absolute atomic E-state index is 14.9. The Morgan fingerprint density at radius 3 is 2.72 bits per heavy atom. The van der Waals surface area contributed by atoms with Crippen molar-refractivity contribution in [2.24, 2.45) is 4.99 Å². The summed E-state index contributed by atoms with van der Waals surface area (Å²) in [4.78, 5) is 19.2. The Balaban J connectivity index is 2.11. The van der Waals surface area contributed by atoms with E-state index in [9.17, 15) is 22.7 Å². The van der Waals surface area contributed by atoms with Crippen LogP contribution in [0.3, 0.4) is 0 Å². The standard InChI is InChI=1S/C21H17FN2O4S/c1-11-8-13-4-3-5-17(20(13)23-10-11)29(27,28)21-15(22)6-7-16-19(21)14(9-18(25)26)12(2)24-16/h3-8,10,12H,9H2,1-2H3,(H,25,26). The molecule has 8 heteroatoms. The summed E-state index contributed by atoms with van der Waals surface area (Å²) < 4.78 is 42.1. The van der Waals surface area contributed by atoms with Gasteiger partial charge in [0.1, 0.15) is 10.7 Å². The molecular weight excluding hydrogens is 395 g/mol. The third kappa shape index (κ3) is 3.09. The number of nitrogens with zero attached hydrogens (tertiary/aromatic N) is 2. The van der Waals surface area contributed by atoms with E-state index in [0.29, 0.717) is 5.39 Å². The smallest absolute Gasteiger partial charge is 0.307 e. The predicted molar refractivity (Wildman–Crippen MR) is 104 cm³/mol. The lowest BCUT2D eigenvalue weighted by Gasteiger charge is -2.11. The number of pyridine rings is 1. The lowest BCUT2D eigenvalue weighted by molar-refractivity contribution is -0.135. The number of aromatic nitrogens is 1. The molecular formula is C21H17FN2O4S. The molecule has 2 heterocycles. The van der Waals surface area contributed by atoms with Crippen molar-refractivity contribution in [3.05, 3.63) is 64.6 Å². The first kappa shape index (κ1) is 19.2. The molecule has 148 valence electrons. The molecule has 1 unspecified atom stereocenters. The molecule has 0 aliphatic carbocycles. The van der Waals surface area contributed by atoms with Gasteiger partial charge in [0, 0.05) is 16.8 Å². The number of carboxylic acids is 1. The molecule has 0 bridgehead atoms. The van der Waals surface area contributed by atoms with Crippen molar-refractivity contribution in [2.75, 3.05) is 0 Å². The molecule has 1 N–H and O–H groups in total. The summed E-state index contributed by atoms with van der Waals surface area (Å²) in [7, 11) is -4.34. The minimum atomic E-state index is -4.34. The van der Waals surface area contributed by atoms with Gasteiger partial charge in [-0.05, 0) is 49.2 Å². The zero-order chi connectivity index (χ0) is 20.9. The first-order valence-corrected chi connectivity index (χ1v) is 10.4. The van der Waals surface area contributed by atoms with Crippen LogP contribution in [0.1, 0.15) is 18.9 Å². The molecule has 4 rings (SSSR count). The van der Waals surface area contributed by atoms with Crippen molar-refractivity contribution in [1.82, 2.24) is 4.98 Å². The molecule has 6 nitrogen and oxygen atoms in total. The molecule has 1 aliphatic heterocycles. The number of aliphatic carboxylic acids is 1. The first-order valence-electron chi connectivity index (χ1n) is 8.92. The number of carbonyl (C=O) groups is 1. The van der Waals surface area contributed by atoms with Crippen molar-refractivity contribution in [2.45, 2.75) is 36.1 Å². The number of sulfone groups is 1. The van der Waals surface area contributed by atoms with E-state index in [1.807, 2.05) is 6.92 Å². The molecule has 0 radical (unpaired) electrons. The third-order valence-corrected chi connectivity index (χ3v) is 6.80. The lowest BCUT2D eigenvalue weighted by atomic mass is 10.0. The van der Waals surface area contributed by atoms with Crippen LogP contribution in [-0.4, -0.2) is 30.5 Å². The lowest BCUT2D eigenvalue weighted by Crippen LogP contribution is -2.32. The van der Waals surface area contributed by atoms with Crippen LogP contribution in [-0.2, 0) is 14.6 Å². The molecule has 3 aromatic rings. The van der Waals surface area contributed by atoms with Crippen LogP contribution in [0.2, 0.25) is 0 Å². The maximum Gasteiger partial charge on any atom is 0.307 e. The molecule has 1 atom stereocenters. The quantitative estimate of drug-likeness (QED) is 0.708. The van der Waals surface area contributed by atoms with Crippen LogP contribution in [0.5, 0.6) is 0 Å². The van der Waals surface area contributed by atoms with Gasteiger partial charge in [-0.2, -0.15) is 0 Å². The van der Waals surface area contributed by atoms with Gasteiger partial charge in [-0.3, -0.25) is 14.8 Å². The van der Waals surface area contributed by atoms with Crippen molar-refractivity contribution >= 4 is 32.3 Å². The Labute approximate surface area is 166 Å². The van der Waals surface area contributed by atoms with Gasteiger partial charge in [0.2, 0.25) is 9.84 Å². The van der Waals surface area contributed by atoms with Crippen molar-refractivity contribution in [1.29, 1.82) is 0 Å². The fourth-order valence-electron chi connectivity index (χ4n) is 3.69. The van der Waals surface area contributed by atoms with E-state index in [4.69, 9.17) is 0 Å². The minimum absolute atomic E-state index is 0.0454. The topological polar surface area (TPSA) is 96.7 Å². The zero-order valence-corrected chi connectivity index (χ0v) is 16.5. The fraction of sp³-hybridized carbons (Fsp3) is 0.190. The van der Waals surface area contributed by atoms with Gasteiger partial charge in [0.05, 0.1) is 28.2 Å². The van der Waals surface area contributed by atoms with Crippen molar-refractivity contribution in [3.63, 3.8) is 0 Å². The minimum Gasteiger partial charge on any atom is -0.481 e. The number of benzene rings is 2. The second-order valence-electron chi connectivity index (χ2n) is 7.02. The highest BCUT2D eigenvalue weighted by Gasteiger charge is 2.30. The highest BCUT2D eigenvalue weighted by Crippen LogP contribution is 2.28. The van der Waals surface area contributed by atoms with E-state index in [-0.39, 0.29) is 26.6 Å². The van der Waals surface area contributed by atoms with Crippen LogP contribution in [0.25, 0.3) is 16.5 Å². The molecule has 2 aromatic carbocycles. The highest BCUT2D eigenvalue weighted by molar-refractivity contribution is 7.91. The van der Waals surface area contributed by atoms with Gasteiger partial charge in [-0.15, -0.1) is 0 Å². The van der Waals surface area contributed by atoms with Crippen LogP contribution >= 0.6 is 0 Å². The van der Waals surface area contributed by atoms with E-state index in [0.717, 1.165) is 11.6 Å². The molecule has 1 aliphatic rings. The molecule has 29 heavy (non-hydrogen) atoms. The normalized spacial score (nSPS) is 16.0. The van der Waals surface area contributed by atoms with Gasteiger partial charge in [0.25, 0.3) is 0 Å². The van der Waals surface area contributed by atoms with Crippen LogP contribution in [0, 0.1) is 12.7 Å². The molecule has 0 saturated carbocycles. The first-order chi connectivity index (χ1) is 13.7. The number of hydrogen-bond donors (Lipinski definition) is 1. The number of rotatable bonds is 4. The van der Waals surface area contributed by atoms with Crippen molar-refractivity contribution < 1.29 is 22.7 Å². The second-order valence-corrected chi connectivity index (χ2v) is 8.87. The maximum atomic E-state index is 14.9. The Hall–Kier alpha value is -3.13. The molecule has 0 amide bonds. The monoisotopic (exact) mass is 412 g/mol. The van der Waals surface area contributed by atoms with E-state index in [1.54, 1.807) is 31.3 Å². The summed E-state index contributed by atoms with van der Waals surface area (Å²) in [6.07, 6.45) is 1.13. The summed E-state index contributed by atoms with van der Waals surface area (Å²) in [6.45, 7) is 3.50. The predicted octanol–water partition coefficient (Wildman–Crippen LogP) is 2.16. The van der Waals surface area contributed by atoms with Gasteiger partial charge < -0.3 is 5.11 Å². The zero-order valence-electron chi connectivity index (χ0n) is 15.7. The summed E-state index contributed by atoms with van der Waals surface area (Å²) in [5.41, 5.74) is 1.37. The average molecular weight is 412 g/mol. The van der Waals surface area contributed by atoms with Gasteiger partial charge in [-0.1, -0.05) is 12.1 Å². The fourth-order valence-corrected chi connectivity index (χ4v) is 5.42. The highest BCUT2D eigenvalue weighted by atomic mass is 32.2. The average Bonchev–Trinajstić information content (AvgIpc) is 2.95. The Morgan fingerprint density at radius 1 is 1.24 bits per heavy atom. The van der Waals surface area contributed by atoms with E-state index >= 15 is 0 Å². The molecule has 0 fully saturated rings. The van der Waals surface area contributed by atoms with Crippen LogP contribution in [0.15, 0.2) is 57.4 Å². The molecule has 0 spiro atoms. The Bertz CT molecular complexity index is 1410. The number of aryl methyl sites for hydroxylation is 1. The van der Waals surface area contributed by atoms with E-state index < -0.39 is 39.0 Å².